The van der Waals surface area contributed by atoms with Crippen molar-refractivity contribution in [2.75, 3.05) is 30.7 Å². The topological polar surface area (TPSA) is 48.0 Å². The summed E-state index contributed by atoms with van der Waals surface area (Å²) < 4.78 is 18.0. The van der Waals surface area contributed by atoms with E-state index in [0.29, 0.717) is 32.4 Å². The maximum atomic E-state index is 12.3. The summed E-state index contributed by atoms with van der Waals surface area (Å²) in [5.41, 5.74) is -0.876. The number of halogens is 1. The van der Waals surface area contributed by atoms with Crippen molar-refractivity contribution in [1.82, 2.24) is 4.90 Å². The Bertz CT molecular complexity index is 368. The lowest BCUT2D eigenvalue weighted by Crippen LogP contribution is -2.48. The first-order valence-electron chi connectivity index (χ1n) is 8.48. The van der Waals surface area contributed by atoms with Gasteiger partial charge in [0.15, 0.2) is 0 Å². The van der Waals surface area contributed by atoms with Gasteiger partial charge in [0.1, 0.15) is 5.60 Å². The molecule has 1 atom stereocenters. The fraction of sp³-hybridized carbons (Fsp3) is 0.941. The van der Waals surface area contributed by atoms with Crippen molar-refractivity contribution in [1.29, 1.82) is 0 Å². The number of amides is 1. The van der Waals surface area contributed by atoms with Gasteiger partial charge in [0, 0.05) is 11.0 Å². The van der Waals surface area contributed by atoms with E-state index in [4.69, 9.17) is 14.2 Å². The van der Waals surface area contributed by atoms with E-state index >= 15 is 0 Å². The molecule has 0 aliphatic heterocycles. The Morgan fingerprint density at radius 3 is 2.30 bits per heavy atom. The van der Waals surface area contributed by atoms with Crippen LogP contribution in [0.25, 0.3) is 0 Å². The zero-order valence-electron chi connectivity index (χ0n) is 15.2. The van der Waals surface area contributed by atoms with Gasteiger partial charge in [-0.2, -0.15) is 0 Å². The monoisotopic (exact) mass is 441 g/mol. The highest BCUT2D eigenvalue weighted by Crippen LogP contribution is 2.22. The van der Waals surface area contributed by atoms with Crippen molar-refractivity contribution in [2.24, 2.45) is 0 Å². The summed E-state index contributed by atoms with van der Waals surface area (Å²) >= 11 is 2.31. The minimum atomic E-state index is -0.483. The van der Waals surface area contributed by atoms with Crippen LogP contribution in [0.15, 0.2) is 0 Å². The average Bonchev–Trinajstić information content (AvgIpc) is 2.40. The Kier molecular flexibility index (Phi) is 8.58. The molecule has 136 valence electrons. The molecule has 1 saturated carbocycles. The molecule has 1 rings (SSSR count). The summed E-state index contributed by atoms with van der Waals surface area (Å²) in [7, 11) is 0. The van der Waals surface area contributed by atoms with E-state index in [1.165, 1.54) is 19.3 Å². The van der Waals surface area contributed by atoms with E-state index in [1.54, 1.807) is 4.90 Å². The first-order valence-corrected chi connectivity index (χ1v) is 10.0. The molecule has 0 spiro atoms. The van der Waals surface area contributed by atoms with Gasteiger partial charge in [-0.25, -0.2) is 4.79 Å². The van der Waals surface area contributed by atoms with Crippen LogP contribution >= 0.6 is 22.6 Å². The number of likely N-dealkylation sites (N-methyl/N-ethyl adjacent to an activating group) is 1. The van der Waals surface area contributed by atoms with Crippen LogP contribution in [-0.4, -0.2) is 59.0 Å². The molecule has 0 N–H and O–H groups in total. The molecule has 1 aliphatic rings. The van der Waals surface area contributed by atoms with Crippen LogP contribution < -0.4 is 0 Å². The van der Waals surface area contributed by atoms with Gasteiger partial charge >= 0.3 is 6.09 Å². The van der Waals surface area contributed by atoms with E-state index in [9.17, 15) is 4.79 Å². The van der Waals surface area contributed by atoms with Crippen molar-refractivity contribution in [3.05, 3.63) is 0 Å². The third kappa shape index (κ3) is 8.03. The lowest BCUT2D eigenvalue weighted by Gasteiger charge is -2.35. The highest BCUT2D eigenvalue weighted by molar-refractivity contribution is 14.1. The first kappa shape index (κ1) is 21.0. The molecule has 23 heavy (non-hydrogen) atoms. The number of rotatable bonds is 9. The van der Waals surface area contributed by atoms with Gasteiger partial charge in [-0.15, -0.1) is 0 Å². The molecule has 0 radical (unpaired) electrons. The molecule has 0 saturated heterocycles. The second-order valence-corrected chi connectivity index (χ2v) is 8.11. The predicted octanol–water partition coefficient (Wildman–Crippen LogP) is 4.02. The van der Waals surface area contributed by atoms with Gasteiger partial charge in [0.25, 0.3) is 0 Å². The molecule has 5 nitrogen and oxygen atoms in total. The second kappa shape index (κ2) is 9.42. The van der Waals surface area contributed by atoms with Gasteiger partial charge in [0.05, 0.1) is 31.5 Å². The van der Waals surface area contributed by atoms with Crippen molar-refractivity contribution in [3.63, 3.8) is 0 Å². The number of ether oxygens (including phenoxy) is 3. The van der Waals surface area contributed by atoms with Crippen LogP contribution in [0.2, 0.25) is 0 Å². The van der Waals surface area contributed by atoms with Crippen molar-refractivity contribution >= 4 is 28.7 Å². The molecule has 0 aromatic carbocycles. The minimum absolute atomic E-state index is 0.287. The summed E-state index contributed by atoms with van der Waals surface area (Å²) in [6.45, 7) is 11.9. The molecule has 0 aromatic heterocycles. The molecule has 0 aromatic rings. The summed E-state index contributed by atoms with van der Waals surface area (Å²) in [6, 6.07) is 0. The maximum absolute atomic E-state index is 12.3. The van der Waals surface area contributed by atoms with Crippen LogP contribution in [-0.2, 0) is 14.2 Å². The standard InChI is InChI=1S/C17H32INO4/c1-6-19(15(20)23-16(2,3)4)13-17(5,12-18)22-11-10-21-14-8-7-9-14/h14H,6-13H2,1-5H3. The quantitative estimate of drug-likeness (QED) is 0.308. The number of carbonyl (C=O) groups is 1. The summed E-state index contributed by atoms with van der Waals surface area (Å²) in [6.07, 6.45) is 3.76. The Morgan fingerprint density at radius 1 is 1.22 bits per heavy atom. The Morgan fingerprint density at radius 2 is 1.87 bits per heavy atom. The van der Waals surface area contributed by atoms with Crippen molar-refractivity contribution in [3.8, 4) is 0 Å². The van der Waals surface area contributed by atoms with Gasteiger partial charge in [0.2, 0.25) is 0 Å². The van der Waals surface area contributed by atoms with Crippen LogP contribution in [0.4, 0.5) is 4.79 Å². The maximum Gasteiger partial charge on any atom is 0.410 e. The molecule has 1 aliphatic carbocycles. The molecule has 0 heterocycles. The average molecular weight is 441 g/mol. The fourth-order valence-corrected chi connectivity index (χ4v) is 2.66. The number of hydrogen-bond acceptors (Lipinski definition) is 4. The van der Waals surface area contributed by atoms with E-state index in [-0.39, 0.29) is 6.09 Å². The largest absolute Gasteiger partial charge is 0.444 e. The number of hydrogen-bond donors (Lipinski definition) is 0. The van der Waals surface area contributed by atoms with E-state index in [0.717, 1.165) is 4.43 Å². The number of nitrogens with zero attached hydrogens (tertiary/aromatic N) is 1. The van der Waals surface area contributed by atoms with Crippen molar-refractivity contribution in [2.45, 2.75) is 71.2 Å². The summed E-state index contributed by atoms with van der Waals surface area (Å²) in [4.78, 5) is 14.0. The smallest absolute Gasteiger partial charge is 0.410 e. The predicted molar refractivity (Wildman–Crippen MR) is 100 cm³/mol. The van der Waals surface area contributed by atoms with Crippen LogP contribution in [0.5, 0.6) is 0 Å². The first-order chi connectivity index (χ1) is 10.7. The highest BCUT2D eigenvalue weighted by Gasteiger charge is 2.31. The lowest BCUT2D eigenvalue weighted by atomic mass is 9.96. The van der Waals surface area contributed by atoms with E-state index in [2.05, 4.69) is 22.6 Å². The number of alkyl halides is 1. The van der Waals surface area contributed by atoms with Gasteiger partial charge in [-0.1, -0.05) is 22.6 Å². The molecule has 1 amide bonds. The Hall–Kier alpha value is -0.0800. The van der Waals surface area contributed by atoms with Gasteiger partial charge in [-0.3, -0.25) is 0 Å². The van der Waals surface area contributed by atoms with Crippen LogP contribution in [0.1, 0.15) is 53.9 Å². The van der Waals surface area contributed by atoms with Crippen LogP contribution in [0, 0.1) is 0 Å². The van der Waals surface area contributed by atoms with Crippen LogP contribution in [0.3, 0.4) is 0 Å². The normalized spacial score (nSPS) is 18.2. The minimum Gasteiger partial charge on any atom is -0.444 e. The molecular formula is C17H32INO4. The number of carbonyl (C=O) groups excluding carboxylic acids is 1. The van der Waals surface area contributed by atoms with E-state index in [1.807, 2.05) is 34.6 Å². The Balaban J connectivity index is 2.43. The highest BCUT2D eigenvalue weighted by atomic mass is 127. The lowest BCUT2D eigenvalue weighted by molar-refractivity contribution is -0.0808. The van der Waals surface area contributed by atoms with E-state index < -0.39 is 11.2 Å². The molecule has 1 fully saturated rings. The van der Waals surface area contributed by atoms with Gasteiger partial charge in [-0.05, 0) is 53.9 Å². The third-order valence-corrected chi connectivity index (χ3v) is 5.39. The van der Waals surface area contributed by atoms with Gasteiger partial charge < -0.3 is 19.1 Å². The zero-order valence-corrected chi connectivity index (χ0v) is 17.3. The molecular weight excluding hydrogens is 409 g/mol. The van der Waals surface area contributed by atoms with Crippen molar-refractivity contribution < 1.29 is 19.0 Å². The molecule has 0 bridgehead atoms. The zero-order chi connectivity index (χ0) is 17.5. The SMILES string of the molecule is CCN(CC(C)(CI)OCCOC1CCC1)C(=O)OC(C)(C)C. The second-order valence-electron chi connectivity index (χ2n) is 7.35. The Labute approximate surface area is 154 Å². The summed E-state index contributed by atoms with van der Waals surface area (Å²) in [5.74, 6) is 0. The third-order valence-electron chi connectivity index (χ3n) is 3.78. The fourth-order valence-electron chi connectivity index (χ4n) is 2.20. The molecule has 6 heteroatoms. The molecule has 1 unspecified atom stereocenters. The summed E-state index contributed by atoms with van der Waals surface area (Å²) in [5, 5.41) is 0.